The van der Waals surface area contributed by atoms with Gasteiger partial charge >= 0.3 is 5.97 Å². The van der Waals surface area contributed by atoms with E-state index in [0.29, 0.717) is 17.4 Å². The summed E-state index contributed by atoms with van der Waals surface area (Å²) in [5, 5.41) is 17.7. The van der Waals surface area contributed by atoms with Gasteiger partial charge in [-0.15, -0.1) is 0 Å². The predicted octanol–water partition coefficient (Wildman–Crippen LogP) is 6.14. The highest BCUT2D eigenvalue weighted by atomic mass is 32.2. The highest BCUT2D eigenvalue weighted by Crippen LogP contribution is 2.47. The first-order valence-corrected chi connectivity index (χ1v) is 13.4. The van der Waals surface area contributed by atoms with Crippen molar-refractivity contribution in [1.82, 2.24) is 5.32 Å². The van der Waals surface area contributed by atoms with E-state index in [1.807, 2.05) is 49.4 Å². The third-order valence-corrected chi connectivity index (χ3v) is 8.62. The number of nitrogens with one attached hydrogen (secondary N) is 2. The largest absolute Gasteiger partial charge is 0.481 e. The molecule has 3 N–H and O–H groups in total. The third kappa shape index (κ3) is 5.12. The number of nitrogens with zero attached hydrogens (tertiary/aromatic N) is 1. The van der Waals surface area contributed by atoms with Crippen LogP contribution in [0.2, 0.25) is 0 Å². The third-order valence-electron chi connectivity index (χ3n) is 7.55. The monoisotopic (exact) mass is 501 g/mol. The van der Waals surface area contributed by atoms with Gasteiger partial charge in [-0.05, 0) is 103 Å². The highest BCUT2D eigenvalue weighted by molar-refractivity contribution is 8.06. The van der Waals surface area contributed by atoms with Crippen LogP contribution in [0.5, 0.6) is 0 Å². The molecular weight excluding hydrogens is 470 g/mol. The maximum Gasteiger partial charge on any atom is 0.303 e. The van der Waals surface area contributed by atoms with Gasteiger partial charge in [-0.3, -0.25) is 14.6 Å². The summed E-state index contributed by atoms with van der Waals surface area (Å²) in [6, 6.07) is 13.6. The Balaban J connectivity index is 1.27. The van der Waals surface area contributed by atoms with E-state index in [1.165, 1.54) is 16.0 Å². The number of carboxylic acids is 1. The van der Waals surface area contributed by atoms with Gasteiger partial charge in [0.1, 0.15) is 6.04 Å². The van der Waals surface area contributed by atoms with Gasteiger partial charge in [0, 0.05) is 22.6 Å². The molecule has 2 aliphatic heterocycles. The molecule has 0 aromatic heterocycles. The topological polar surface area (TPSA) is 90.8 Å². The van der Waals surface area contributed by atoms with Crippen LogP contribution in [0.4, 0.5) is 5.69 Å². The van der Waals surface area contributed by atoms with Gasteiger partial charge in [0.2, 0.25) is 0 Å². The first kappa shape index (κ1) is 24.4. The second-order valence-corrected chi connectivity index (χ2v) is 10.9. The summed E-state index contributed by atoms with van der Waals surface area (Å²) in [6.07, 6.45) is 6.03. The number of carbonyl (C=O) groups excluding carboxylic acids is 1. The maximum atomic E-state index is 12.8. The summed E-state index contributed by atoms with van der Waals surface area (Å²) in [5.41, 5.74) is 7.16. The smallest absolute Gasteiger partial charge is 0.303 e. The van der Waals surface area contributed by atoms with Crippen molar-refractivity contribution in [2.75, 3.05) is 5.32 Å². The van der Waals surface area contributed by atoms with Crippen LogP contribution < -0.4 is 10.6 Å². The Morgan fingerprint density at radius 2 is 1.81 bits per heavy atom. The number of aliphatic carboxylic acids is 1. The zero-order valence-corrected chi connectivity index (χ0v) is 21.4. The lowest BCUT2D eigenvalue weighted by atomic mass is 9.76. The van der Waals surface area contributed by atoms with Crippen LogP contribution in [-0.2, 0) is 4.79 Å². The Hall–Kier alpha value is -3.32. The van der Waals surface area contributed by atoms with E-state index in [4.69, 9.17) is 10.1 Å². The molecule has 1 saturated carbocycles. The van der Waals surface area contributed by atoms with Crippen LogP contribution in [-0.4, -0.2) is 29.4 Å². The number of fused-ring (bicyclic) bond motifs is 1. The second kappa shape index (κ2) is 10.3. The molecule has 1 aliphatic carbocycles. The summed E-state index contributed by atoms with van der Waals surface area (Å²) < 4.78 is 0. The van der Waals surface area contributed by atoms with E-state index in [2.05, 4.69) is 23.0 Å². The standard InChI is InChI=1S/C29H31N3O3S/c1-17-3-12-23(13-18(17)2)32-29(35)22-10-8-21(9-11-22)26-28-27(31-16-30-26)24(15-36-28)20-6-4-19(5-7-20)14-25(33)34/h3,8-13,15-16,19-20,27H,4-7,14H2,1-2H3,(H,30,31)(H,32,35)(H,33,34). The van der Waals surface area contributed by atoms with Gasteiger partial charge in [-0.1, -0.05) is 30.0 Å². The van der Waals surface area contributed by atoms with E-state index in [9.17, 15) is 9.59 Å². The first-order chi connectivity index (χ1) is 17.4. The Morgan fingerprint density at radius 3 is 2.50 bits per heavy atom. The van der Waals surface area contributed by atoms with Gasteiger partial charge in [0.05, 0.1) is 12.0 Å². The van der Waals surface area contributed by atoms with Gasteiger partial charge in [0.25, 0.3) is 5.91 Å². The number of amides is 1. The van der Waals surface area contributed by atoms with Crippen LogP contribution in [0.1, 0.15) is 59.2 Å². The van der Waals surface area contributed by atoms with Crippen molar-refractivity contribution >= 4 is 41.4 Å². The van der Waals surface area contributed by atoms with E-state index >= 15 is 0 Å². The molecule has 0 saturated heterocycles. The fourth-order valence-electron chi connectivity index (χ4n) is 5.31. The molecule has 0 spiro atoms. The molecule has 1 atom stereocenters. The average Bonchev–Trinajstić information content (AvgIpc) is 3.31. The molecule has 0 bridgehead atoms. The zero-order chi connectivity index (χ0) is 25.2. The van der Waals surface area contributed by atoms with E-state index in [0.717, 1.165) is 48.2 Å². The summed E-state index contributed by atoms with van der Waals surface area (Å²) in [6.45, 7) is 4.09. The normalized spacial score (nSPS) is 23.1. The molecule has 5 rings (SSSR count). The molecule has 1 amide bonds. The van der Waals surface area contributed by atoms with Crippen molar-refractivity contribution in [3.8, 4) is 0 Å². The summed E-state index contributed by atoms with van der Waals surface area (Å²) in [7, 11) is 0. The average molecular weight is 502 g/mol. The van der Waals surface area contributed by atoms with Crippen molar-refractivity contribution in [2.45, 2.75) is 52.0 Å². The van der Waals surface area contributed by atoms with Gasteiger partial charge in [-0.2, -0.15) is 0 Å². The molecule has 186 valence electrons. The number of aliphatic imine (C=N–C) groups is 1. The molecular formula is C29H31N3O3S. The Kier molecular flexibility index (Phi) is 7.01. The number of aryl methyl sites for hydroxylation is 2. The molecule has 3 aliphatic rings. The van der Waals surface area contributed by atoms with Crippen LogP contribution in [0, 0.1) is 25.7 Å². The SMILES string of the molecule is Cc1ccc(NC(=O)c2ccc(C3=C4SC=C(C5CCC(CC(=O)O)CC5)C4N=CN3)cc2)cc1C. The number of hydrogen-bond acceptors (Lipinski definition) is 5. The molecule has 1 fully saturated rings. The van der Waals surface area contributed by atoms with Crippen molar-refractivity contribution in [3.63, 3.8) is 0 Å². The van der Waals surface area contributed by atoms with Crippen molar-refractivity contribution < 1.29 is 14.7 Å². The fraction of sp³-hybridized carbons (Fsp3) is 0.345. The van der Waals surface area contributed by atoms with Crippen molar-refractivity contribution in [2.24, 2.45) is 16.8 Å². The predicted molar refractivity (Wildman–Crippen MR) is 146 cm³/mol. The first-order valence-electron chi connectivity index (χ1n) is 12.5. The Labute approximate surface area is 216 Å². The number of carbonyl (C=O) groups is 2. The number of rotatable bonds is 6. The van der Waals surface area contributed by atoms with Crippen LogP contribution in [0.15, 0.2) is 63.3 Å². The summed E-state index contributed by atoms with van der Waals surface area (Å²) >= 11 is 1.73. The van der Waals surface area contributed by atoms with Gasteiger partial charge < -0.3 is 15.7 Å². The molecule has 1 unspecified atom stereocenters. The maximum absolute atomic E-state index is 12.8. The van der Waals surface area contributed by atoms with Crippen LogP contribution in [0.25, 0.3) is 5.70 Å². The number of anilines is 1. The number of benzene rings is 2. The lowest BCUT2D eigenvalue weighted by Crippen LogP contribution is -2.27. The van der Waals surface area contributed by atoms with Crippen molar-refractivity contribution in [3.05, 3.63) is 80.6 Å². The highest BCUT2D eigenvalue weighted by Gasteiger charge is 2.36. The Bertz CT molecular complexity index is 1270. The lowest BCUT2D eigenvalue weighted by molar-refractivity contribution is -0.138. The van der Waals surface area contributed by atoms with Crippen LogP contribution in [0.3, 0.4) is 0 Å². The van der Waals surface area contributed by atoms with E-state index in [-0.39, 0.29) is 18.4 Å². The molecule has 2 heterocycles. The molecule has 2 aromatic carbocycles. The van der Waals surface area contributed by atoms with Crippen LogP contribution >= 0.6 is 11.8 Å². The number of carboxylic acid groups (broad SMARTS) is 1. The number of hydrogen-bond donors (Lipinski definition) is 3. The van der Waals surface area contributed by atoms with Gasteiger partial charge in [-0.25, -0.2) is 0 Å². The zero-order valence-electron chi connectivity index (χ0n) is 20.6. The quantitative estimate of drug-likeness (QED) is 0.443. The molecule has 6 nitrogen and oxygen atoms in total. The second-order valence-electron chi connectivity index (χ2n) is 9.95. The fourth-order valence-corrected chi connectivity index (χ4v) is 6.52. The Morgan fingerprint density at radius 1 is 1.06 bits per heavy atom. The summed E-state index contributed by atoms with van der Waals surface area (Å²) in [5.74, 6) is -0.0730. The molecule has 7 heteroatoms. The van der Waals surface area contributed by atoms with E-state index in [1.54, 1.807) is 18.1 Å². The summed E-state index contributed by atoms with van der Waals surface area (Å²) in [4.78, 5) is 29.8. The van der Waals surface area contributed by atoms with E-state index < -0.39 is 5.97 Å². The minimum absolute atomic E-state index is 0.0278. The lowest BCUT2D eigenvalue weighted by Gasteiger charge is -2.31. The minimum atomic E-state index is -0.694. The van der Waals surface area contributed by atoms with Gasteiger partial charge in [0.15, 0.2) is 0 Å². The molecule has 36 heavy (non-hydrogen) atoms. The van der Waals surface area contributed by atoms with Crippen molar-refractivity contribution in [1.29, 1.82) is 0 Å². The number of thioether (sulfide) groups is 1. The molecule has 0 radical (unpaired) electrons. The minimum Gasteiger partial charge on any atom is -0.481 e. The molecule has 2 aromatic rings.